The minimum atomic E-state index is -0.114. The van der Waals surface area contributed by atoms with Crippen LogP contribution in [0.25, 0.3) is 11.1 Å². The molecule has 0 fully saturated rings. The molecule has 1 unspecified atom stereocenters. The molecule has 1 N–H and O–H groups in total. The van der Waals surface area contributed by atoms with Crippen molar-refractivity contribution in [3.05, 3.63) is 80.7 Å². The number of rotatable bonds is 3. The minimum Gasteiger partial charge on any atom is -0.299 e. The third kappa shape index (κ3) is 2.84. The second-order valence-corrected chi connectivity index (χ2v) is 6.24. The monoisotopic (exact) mass is 326 g/mol. The maximum Gasteiger partial charge on any atom is 0.275 e. The number of halogens is 1. The Kier molecular flexibility index (Phi) is 4.14. The first kappa shape index (κ1) is 15.6. The molecule has 118 valence electrons. The van der Waals surface area contributed by atoms with Gasteiger partial charge in [0.25, 0.3) is 5.56 Å². The van der Waals surface area contributed by atoms with Crippen molar-refractivity contribution in [3.63, 3.8) is 0 Å². The van der Waals surface area contributed by atoms with Gasteiger partial charge in [-0.15, -0.1) is 0 Å². The molecule has 3 aromatic rings. The molecule has 0 amide bonds. The van der Waals surface area contributed by atoms with Crippen molar-refractivity contribution in [1.82, 2.24) is 9.78 Å². The van der Waals surface area contributed by atoms with Gasteiger partial charge in [-0.25, -0.2) is 4.68 Å². The van der Waals surface area contributed by atoms with Crippen molar-refractivity contribution in [3.8, 4) is 11.1 Å². The van der Waals surface area contributed by atoms with Gasteiger partial charge < -0.3 is 0 Å². The van der Waals surface area contributed by atoms with Crippen LogP contribution in [0.3, 0.4) is 0 Å². The standard InChI is InChI=1S/C19H19ClN2O/c1-12-9-10-16(11-17(12)20)14(3)22-19(23)18(13(2)21-22)15-7-5-4-6-8-15/h4-11,14,21H,1-3H3. The Morgan fingerprint density at radius 3 is 2.43 bits per heavy atom. The Morgan fingerprint density at radius 1 is 1.09 bits per heavy atom. The average Bonchev–Trinajstić information content (AvgIpc) is 2.85. The first-order valence-corrected chi connectivity index (χ1v) is 7.99. The number of nitrogens with zero attached hydrogens (tertiary/aromatic N) is 1. The number of hydrogen-bond acceptors (Lipinski definition) is 1. The molecule has 0 bridgehead atoms. The number of aromatic amines is 1. The molecule has 0 radical (unpaired) electrons. The van der Waals surface area contributed by atoms with Gasteiger partial charge in [0, 0.05) is 10.7 Å². The highest BCUT2D eigenvalue weighted by molar-refractivity contribution is 6.31. The van der Waals surface area contributed by atoms with Crippen molar-refractivity contribution in [2.75, 3.05) is 0 Å². The number of H-pyrrole nitrogens is 1. The Labute approximate surface area is 140 Å². The summed E-state index contributed by atoms with van der Waals surface area (Å²) in [6.45, 7) is 5.89. The van der Waals surface area contributed by atoms with Crippen LogP contribution >= 0.6 is 11.6 Å². The van der Waals surface area contributed by atoms with Gasteiger partial charge in [0.05, 0.1) is 11.6 Å². The molecule has 3 nitrogen and oxygen atoms in total. The van der Waals surface area contributed by atoms with Gasteiger partial charge in [0.15, 0.2) is 0 Å². The van der Waals surface area contributed by atoms with E-state index in [9.17, 15) is 4.79 Å². The fourth-order valence-corrected chi connectivity index (χ4v) is 2.99. The highest BCUT2D eigenvalue weighted by Gasteiger charge is 2.18. The molecule has 2 aromatic carbocycles. The van der Waals surface area contributed by atoms with Crippen LogP contribution in [0.4, 0.5) is 0 Å². The number of hydrogen-bond donors (Lipinski definition) is 1. The van der Waals surface area contributed by atoms with Gasteiger partial charge in [-0.3, -0.25) is 9.89 Å². The van der Waals surface area contributed by atoms with E-state index in [1.165, 1.54) is 0 Å². The smallest absolute Gasteiger partial charge is 0.275 e. The number of nitrogens with one attached hydrogen (secondary N) is 1. The zero-order valence-electron chi connectivity index (χ0n) is 13.4. The van der Waals surface area contributed by atoms with Gasteiger partial charge in [0.1, 0.15) is 0 Å². The summed E-state index contributed by atoms with van der Waals surface area (Å²) < 4.78 is 1.67. The van der Waals surface area contributed by atoms with Crippen LogP contribution < -0.4 is 5.56 Å². The van der Waals surface area contributed by atoms with Gasteiger partial charge >= 0.3 is 0 Å². The average molecular weight is 327 g/mol. The fourth-order valence-electron chi connectivity index (χ4n) is 2.80. The second-order valence-electron chi connectivity index (χ2n) is 5.84. The molecule has 0 aliphatic heterocycles. The zero-order valence-corrected chi connectivity index (χ0v) is 14.2. The molecule has 4 heteroatoms. The Hall–Kier alpha value is -2.26. The number of benzene rings is 2. The van der Waals surface area contributed by atoms with E-state index in [0.717, 1.165) is 27.9 Å². The molecular formula is C19H19ClN2O. The molecule has 1 heterocycles. The lowest BCUT2D eigenvalue weighted by molar-refractivity contribution is 0.544. The van der Waals surface area contributed by atoms with E-state index in [1.807, 2.05) is 69.3 Å². The van der Waals surface area contributed by atoms with Gasteiger partial charge in [0.2, 0.25) is 0 Å². The highest BCUT2D eigenvalue weighted by Crippen LogP contribution is 2.25. The zero-order chi connectivity index (χ0) is 16.6. The lowest BCUT2D eigenvalue weighted by Crippen LogP contribution is -2.22. The molecule has 0 saturated carbocycles. The topological polar surface area (TPSA) is 37.8 Å². The van der Waals surface area contributed by atoms with Crippen LogP contribution in [0.2, 0.25) is 5.02 Å². The predicted octanol–water partition coefficient (Wildman–Crippen LogP) is 4.72. The van der Waals surface area contributed by atoms with Crippen LogP contribution in [0.15, 0.2) is 53.3 Å². The predicted molar refractivity (Wildman–Crippen MR) is 95.2 cm³/mol. The van der Waals surface area contributed by atoms with Crippen molar-refractivity contribution >= 4 is 11.6 Å². The summed E-state index contributed by atoms with van der Waals surface area (Å²) in [6, 6.07) is 15.5. The van der Waals surface area contributed by atoms with Crippen molar-refractivity contribution < 1.29 is 0 Å². The van der Waals surface area contributed by atoms with E-state index in [1.54, 1.807) is 4.68 Å². The largest absolute Gasteiger partial charge is 0.299 e. The quantitative estimate of drug-likeness (QED) is 0.742. The molecule has 23 heavy (non-hydrogen) atoms. The summed E-state index contributed by atoms with van der Waals surface area (Å²) in [5.74, 6) is 0. The maximum absolute atomic E-state index is 12.9. The summed E-state index contributed by atoms with van der Waals surface area (Å²) in [6.07, 6.45) is 0. The second kappa shape index (κ2) is 6.09. The molecule has 0 aliphatic rings. The van der Waals surface area contributed by atoms with Crippen LogP contribution in [0, 0.1) is 13.8 Å². The molecule has 0 saturated heterocycles. The lowest BCUT2D eigenvalue weighted by atomic mass is 10.1. The van der Waals surface area contributed by atoms with Crippen LogP contribution in [-0.2, 0) is 0 Å². The lowest BCUT2D eigenvalue weighted by Gasteiger charge is -2.14. The third-order valence-corrected chi connectivity index (χ3v) is 4.63. The number of aryl methyl sites for hydroxylation is 2. The minimum absolute atomic E-state index is 0.0158. The molecule has 1 aromatic heterocycles. The van der Waals surface area contributed by atoms with Crippen LogP contribution in [0.5, 0.6) is 0 Å². The van der Waals surface area contributed by atoms with E-state index in [2.05, 4.69) is 5.10 Å². The SMILES string of the molecule is Cc1ccc(C(C)n2[nH]c(C)c(-c3ccccc3)c2=O)cc1Cl. The van der Waals surface area contributed by atoms with Crippen LogP contribution in [0.1, 0.15) is 29.8 Å². The first-order chi connectivity index (χ1) is 11.0. The van der Waals surface area contributed by atoms with E-state index >= 15 is 0 Å². The first-order valence-electron chi connectivity index (χ1n) is 7.61. The third-order valence-electron chi connectivity index (χ3n) is 4.22. The van der Waals surface area contributed by atoms with Gasteiger partial charge in [-0.1, -0.05) is 54.1 Å². The maximum atomic E-state index is 12.9. The van der Waals surface area contributed by atoms with Gasteiger partial charge in [-0.2, -0.15) is 0 Å². The van der Waals surface area contributed by atoms with Crippen molar-refractivity contribution in [2.24, 2.45) is 0 Å². The normalized spacial score (nSPS) is 12.3. The van der Waals surface area contributed by atoms with Gasteiger partial charge in [-0.05, 0) is 43.5 Å². The number of aromatic nitrogens is 2. The van der Waals surface area contributed by atoms with E-state index in [-0.39, 0.29) is 11.6 Å². The molecule has 0 aliphatic carbocycles. The summed E-state index contributed by atoms with van der Waals surface area (Å²) >= 11 is 6.22. The molecule has 3 rings (SSSR count). The summed E-state index contributed by atoms with van der Waals surface area (Å²) in [5, 5.41) is 3.92. The van der Waals surface area contributed by atoms with E-state index < -0.39 is 0 Å². The molecule has 1 atom stereocenters. The summed E-state index contributed by atoms with van der Waals surface area (Å²) in [5.41, 5.74) is 4.53. The molecule has 0 spiro atoms. The Bertz CT molecular complexity index is 893. The molecular weight excluding hydrogens is 308 g/mol. The highest BCUT2D eigenvalue weighted by atomic mass is 35.5. The Morgan fingerprint density at radius 2 is 1.78 bits per heavy atom. The Balaban J connectivity index is 2.07. The fraction of sp³-hybridized carbons (Fsp3) is 0.211. The van der Waals surface area contributed by atoms with E-state index in [0.29, 0.717) is 5.02 Å². The van der Waals surface area contributed by atoms with Crippen molar-refractivity contribution in [1.29, 1.82) is 0 Å². The summed E-state index contributed by atoms with van der Waals surface area (Å²) in [7, 11) is 0. The van der Waals surface area contributed by atoms with Crippen LogP contribution in [-0.4, -0.2) is 9.78 Å². The summed E-state index contributed by atoms with van der Waals surface area (Å²) in [4.78, 5) is 12.9. The van der Waals surface area contributed by atoms with Crippen molar-refractivity contribution in [2.45, 2.75) is 26.8 Å². The van der Waals surface area contributed by atoms with E-state index in [4.69, 9.17) is 11.6 Å².